The van der Waals surface area contributed by atoms with Gasteiger partial charge < -0.3 is 10.1 Å². The summed E-state index contributed by atoms with van der Waals surface area (Å²) in [7, 11) is 0. The predicted molar refractivity (Wildman–Crippen MR) is 79.6 cm³/mol. The van der Waals surface area contributed by atoms with Gasteiger partial charge in [-0.3, -0.25) is 4.79 Å². The summed E-state index contributed by atoms with van der Waals surface area (Å²) in [5.41, 5.74) is -0.0621. The van der Waals surface area contributed by atoms with Gasteiger partial charge in [0, 0.05) is 11.6 Å². The fourth-order valence-corrected chi connectivity index (χ4v) is 2.81. The maximum atomic E-state index is 13.8. The molecular formula is C17H19F2NO2. The molecule has 118 valence electrons. The minimum Gasteiger partial charge on any atom is -0.475 e. The topological polar surface area (TPSA) is 38.3 Å². The van der Waals surface area contributed by atoms with E-state index in [4.69, 9.17) is 11.2 Å². The Labute approximate surface area is 129 Å². The van der Waals surface area contributed by atoms with Gasteiger partial charge in [-0.25, -0.2) is 8.78 Å². The van der Waals surface area contributed by atoms with Crippen molar-refractivity contribution in [1.29, 1.82) is 0 Å². The first kappa shape index (κ1) is 16.3. The fourth-order valence-electron chi connectivity index (χ4n) is 2.81. The lowest BCUT2D eigenvalue weighted by Crippen LogP contribution is -2.37. The second-order valence-corrected chi connectivity index (χ2v) is 5.57. The van der Waals surface area contributed by atoms with Gasteiger partial charge in [-0.1, -0.05) is 18.8 Å². The molecule has 0 radical (unpaired) electrons. The van der Waals surface area contributed by atoms with Crippen molar-refractivity contribution in [2.45, 2.75) is 38.6 Å². The maximum Gasteiger partial charge on any atom is 0.251 e. The normalized spacial score (nSPS) is 16.1. The standard InChI is InChI=1S/C17H19F2NO2/c1-3-8-22-16-14(18)9-13(10-15(16)19)17(21)20-11(2)12-6-4-5-7-12/h1,9-12H,4-8H2,2H3,(H,20,21). The minimum absolute atomic E-state index is 0.0153. The molecule has 3 nitrogen and oxygen atoms in total. The van der Waals surface area contributed by atoms with Crippen LogP contribution in [0.4, 0.5) is 8.78 Å². The van der Waals surface area contributed by atoms with Crippen LogP contribution in [0.2, 0.25) is 0 Å². The summed E-state index contributed by atoms with van der Waals surface area (Å²) in [5.74, 6) is -0.357. The molecule has 1 aromatic rings. The van der Waals surface area contributed by atoms with Crippen LogP contribution in [0.15, 0.2) is 12.1 Å². The molecule has 0 saturated heterocycles. The highest BCUT2D eigenvalue weighted by Crippen LogP contribution is 2.28. The number of carbonyl (C=O) groups excluding carboxylic acids is 1. The van der Waals surface area contributed by atoms with Crippen LogP contribution in [-0.2, 0) is 0 Å². The maximum absolute atomic E-state index is 13.8. The van der Waals surface area contributed by atoms with E-state index in [9.17, 15) is 13.6 Å². The number of carbonyl (C=O) groups is 1. The van der Waals surface area contributed by atoms with Crippen LogP contribution in [0.3, 0.4) is 0 Å². The number of ether oxygens (including phenoxy) is 1. The molecule has 5 heteroatoms. The van der Waals surface area contributed by atoms with Gasteiger partial charge in [0.05, 0.1) is 0 Å². The molecule has 1 fully saturated rings. The van der Waals surface area contributed by atoms with Crippen LogP contribution in [-0.4, -0.2) is 18.6 Å². The number of hydrogen-bond donors (Lipinski definition) is 1. The Kier molecular flexibility index (Phi) is 5.37. The summed E-state index contributed by atoms with van der Waals surface area (Å²) >= 11 is 0. The molecule has 2 rings (SSSR count). The van der Waals surface area contributed by atoms with E-state index in [0.29, 0.717) is 5.92 Å². The predicted octanol–water partition coefficient (Wildman–Crippen LogP) is 3.29. The molecule has 1 aliphatic carbocycles. The first-order valence-corrected chi connectivity index (χ1v) is 7.39. The Morgan fingerprint density at radius 1 is 1.41 bits per heavy atom. The molecule has 1 N–H and O–H groups in total. The molecule has 1 amide bonds. The number of terminal acetylenes is 1. The third-order valence-electron chi connectivity index (χ3n) is 4.03. The molecule has 1 unspecified atom stereocenters. The lowest BCUT2D eigenvalue weighted by Gasteiger charge is -2.20. The van der Waals surface area contributed by atoms with Gasteiger partial charge in [0.1, 0.15) is 6.61 Å². The fraction of sp³-hybridized carbons (Fsp3) is 0.471. The number of rotatable bonds is 5. The minimum atomic E-state index is -0.936. The van der Waals surface area contributed by atoms with Crippen molar-refractivity contribution >= 4 is 5.91 Å². The Bertz CT molecular complexity index is 566. The number of halogens is 2. The second-order valence-electron chi connectivity index (χ2n) is 5.57. The third kappa shape index (κ3) is 3.76. The highest BCUT2D eigenvalue weighted by molar-refractivity contribution is 5.94. The molecule has 0 spiro atoms. The third-order valence-corrected chi connectivity index (χ3v) is 4.03. The van der Waals surface area contributed by atoms with E-state index in [1.54, 1.807) is 0 Å². The van der Waals surface area contributed by atoms with Gasteiger partial charge >= 0.3 is 0 Å². The van der Waals surface area contributed by atoms with E-state index >= 15 is 0 Å². The van der Waals surface area contributed by atoms with Crippen molar-refractivity contribution in [2.24, 2.45) is 5.92 Å². The summed E-state index contributed by atoms with van der Waals surface area (Å²) < 4.78 is 32.4. The first-order chi connectivity index (χ1) is 10.5. The van der Waals surface area contributed by atoms with Crippen LogP contribution >= 0.6 is 0 Å². The van der Waals surface area contributed by atoms with E-state index in [1.165, 1.54) is 0 Å². The monoisotopic (exact) mass is 307 g/mol. The van der Waals surface area contributed by atoms with Crippen LogP contribution in [0.5, 0.6) is 5.75 Å². The number of nitrogens with one attached hydrogen (secondary N) is 1. The molecule has 0 bridgehead atoms. The van der Waals surface area contributed by atoms with Crippen molar-refractivity contribution in [3.8, 4) is 18.1 Å². The second kappa shape index (κ2) is 7.26. The largest absolute Gasteiger partial charge is 0.475 e. The Balaban J connectivity index is 2.08. The Morgan fingerprint density at radius 2 is 2.00 bits per heavy atom. The molecule has 1 aliphatic rings. The zero-order valence-electron chi connectivity index (χ0n) is 12.5. The van der Waals surface area contributed by atoms with E-state index in [1.807, 2.05) is 6.92 Å². The van der Waals surface area contributed by atoms with Crippen molar-refractivity contribution in [1.82, 2.24) is 5.32 Å². The molecule has 0 aliphatic heterocycles. The van der Waals surface area contributed by atoms with Crippen LogP contribution < -0.4 is 10.1 Å². The Hall–Kier alpha value is -2.09. The molecule has 1 atom stereocenters. The SMILES string of the molecule is C#CCOc1c(F)cc(C(=O)NC(C)C2CCCC2)cc1F. The Morgan fingerprint density at radius 3 is 2.55 bits per heavy atom. The van der Waals surface area contributed by atoms with Gasteiger partial charge in [-0.2, -0.15) is 0 Å². The summed E-state index contributed by atoms with van der Waals surface area (Å²) in [5, 5.41) is 2.81. The van der Waals surface area contributed by atoms with Gasteiger partial charge in [0.25, 0.3) is 5.91 Å². The summed E-state index contributed by atoms with van der Waals surface area (Å²) in [6.45, 7) is 1.68. The van der Waals surface area contributed by atoms with Crippen LogP contribution in [0.1, 0.15) is 43.0 Å². The zero-order valence-corrected chi connectivity index (χ0v) is 12.5. The summed E-state index contributed by atoms with van der Waals surface area (Å²) in [6, 6.07) is 1.91. The zero-order chi connectivity index (χ0) is 16.1. The van der Waals surface area contributed by atoms with Crippen molar-refractivity contribution < 1.29 is 18.3 Å². The van der Waals surface area contributed by atoms with E-state index in [-0.39, 0.29) is 18.2 Å². The molecular weight excluding hydrogens is 288 g/mol. The number of hydrogen-bond acceptors (Lipinski definition) is 2. The van der Waals surface area contributed by atoms with Crippen molar-refractivity contribution in [3.05, 3.63) is 29.3 Å². The van der Waals surface area contributed by atoms with Crippen molar-refractivity contribution in [2.75, 3.05) is 6.61 Å². The molecule has 22 heavy (non-hydrogen) atoms. The number of amides is 1. The first-order valence-electron chi connectivity index (χ1n) is 7.39. The molecule has 0 aromatic heterocycles. The van der Waals surface area contributed by atoms with E-state index in [0.717, 1.165) is 37.8 Å². The van der Waals surface area contributed by atoms with Gasteiger partial charge in [0.2, 0.25) is 0 Å². The van der Waals surface area contributed by atoms with Crippen LogP contribution in [0, 0.1) is 29.9 Å². The van der Waals surface area contributed by atoms with E-state index in [2.05, 4.69) is 11.2 Å². The molecule has 0 heterocycles. The van der Waals surface area contributed by atoms with Crippen LogP contribution in [0.25, 0.3) is 0 Å². The van der Waals surface area contributed by atoms with Gasteiger partial charge in [-0.05, 0) is 37.8 Å². The average Bonchev–Trinajstić information content (AvgIpc) is 3.00. The lowest BCUT2D eigenvalue weighted by atomic mass is 9.99. The molecule has 1 saturated carbocycles. The van der Waals surface area contributed by atoms with Gasteiger partial charge in [0.15, 0.2) is 17.4 Å². The summed E-state index contributed by atoms with van der Waals surface area (Å²) in [6.07, 6.45) is 9.45. The smallest absolute Gasteiger partial charge is 0.251 e. The van der Waals surface area contributed by atoms with Gasteiger partial charge in [-0.15, -0.1) is 6.42 Å². The molecule has 1 aromatic carbocycles. The average molecular weight is 307 g/mol. The summed E-state index contributed by atoms with van der Waals surface area (Å²) in [4.78, 5) is 12.1. The highest BCUT2D eigenvalue weighted by atomic mass is 19.1. The van der Waals surface area contributed by atoms with E-state index < -0.39 is 23.3 Å². The number of benzene rings is 1. The quantitative estimate of drug-likeness (QED) is 0.848. The van der Waals surface area contributed by atoms with Crippen molar-refractivity contribution in [3.63, 3.8) is 0 Å². The highest BCUT2D eigenvalue weighted by Gasteiger charge is 2.24. The lowest BCUT2D eigenvalue weighted by molar-refractivity contribution is 0.0926.